The molecule has 0 fully saturated rings. The first-order chi connectivity index (χ1) is 7.13. The molecule has 1 amide bonds. The van der Waals surface area contributed by atoms with E-state index in [0.29, 0.717) is 11.6 Å². The number of rotatable bonds is 4. The fourth-order valence-electron chi connectivity index (χ4n) is 1.11. The van der Waals surface area contributed by atoms with E-state index >= 15 is 0 Å². The van der Waals surface area contributed by atoms with Crippen LogP contribution in [0.4, 0.5) is 5.69 Å². The van der Waals surface area contributed by atoms with Gasteiger partial charge in [0.05, 0.1) is 6.54 Å². The van der Waals surface area contributed by atoms with Crippen LogP contribution in [-0.4, -0.2) is 19.0 Å². The molecule has 0 heterocycles. The summed E-state index contributed by atoms with van der Waals surface area (Å²) in [5.74, 6) is -0.0585. The molecule has 90 valence electrons. The van der Waals surface area contributed by atoms with Gasteiger partial charge in [0.1, 0.15) is 0 Å². The minimum atomic E-state index is -0.0585. The monoisotopic (exact) mass is 262 g/mol. The van der Waals surface area contributed by atoms with Crippen molar-refractivity contribution in [1.29, 1.82) is 0 Å². The minimum Gasteiger partial charge on any atom is -0.325 e. The highest BCUT2D eigenvalue weighted by Gasteiger charge is 2.02. The van der Waals surface area contributed by atoms with Crippen LogP contribution in [0.5, 0.6) is 0 Å². The van der Waals surface area contributed by atoms with Gasteiger partial charge in [-0.15, -0.1) is 12.4 Å². The molecule has 0 radical (unpaired) electrons. The summed E-state index contributed by atoms with van der Waals surface area (Å²) in [5, 5.41) is 6.37. The Labute approximate surface area is 107 Å². The molecule has 0 saturated heterocycles. The quantitative estimate of drug-likeness (QED) is 0.876. The Hall–Kier alpha value is -0.770. The Morgan fingerprint density at radius 2 is 2.12 bits per heavy atom. The van der Waals surface area contributed by atoms with Gasteiger partial charge in [-0.05, 0) is 31.2 Å². The molecule has 1 aromatic rings. The van der Waals surface area contributed by atoms with Crippen LogP contribution in [0.25, 0.3) is 0 Å². The Bertz CT molecular complexity index is 356. The number of carbonyl (C=O) groups excluding carboxylic acids is 1. The summed E-state index contributed by atoms with van der Waals surface area (Å²) < 4.78 is 0. The molecule has 2 N–H and O–H groups in total. The predicted molar refractivity (Wildman–Crippen MR) is 70.6 cm³/mol. The molecule has 0 unspecified atom stereocenters. The highest BCUT2D eigenvalue weighted by Crippen LogP contribution is 2.19. The summed E-state index contributed by atoms with van der Waals surface area (Å²) in [4.78, 5) is 11.4. The molecule has 1 aromatic carbocycles. The van der Waals surface area contributed by atoms with Crippen molar-refractivity contribution in [2.75, 3.05) is 18.4 Å². The van der Waals surface area contributed by atoms with Crippen LogP contribution in [0, 0.1) is 6.92 Å². The first-order valence-corrected chi connectivity index (χ1v) is 5.28. The molecule has 0 aliphatic rings. The van der Waals surface area contributed by atoms with E-state index in [0.717, 1.165) is 17.8 Å². The van der Waals surface area contributed by atoms with E-state index in [9.17, 15) is 4.79 Å². The summed E-state index contributed by atoms with van der Waals surface area (Å²) in [6.07, 6.45) is 0. The molecule has 0 saturated carbocycles. The van der Waals surface area contributed by atoms with Crippen molar-refractivity contribution in [2.24, 2.45) is 0 Å². The van der Waals surface area contributed by atoms with Crippen molar-refractivity contribution in [3.8, 4) is 0 Å². The van der Waals surface area contributed by atoms with Gasteiger partial charge in [-0.25, -0.2) is 0 Å². The third kappa shape index (κ3) is 4.84. The molecule has 5 heteroatoms. The van der Waals surface area contributed by atoms with Crippen molar-refractivity contribution >= 4 is 35.6 Å². The number of aryl methyl sites for hydroxylation is 1. The van der Waals surface area contributed by atoms with Crippen LogP contribution in [0.3, 0.4) is 0 Å². The Balaban J connectivity index is 0.00000225. The number of nitrogens with one attached hydrogen (secondary N) is 2. The second kappa shape index (κ2) is 7.49. The minimum absolute atomic E-state index is 0. The third-order valence-corrected chi connectivity index (χ3v) is 2.40. The van der Waals surface area contributed by atoms with Gasteiger partial charge in [0.2, 0.25) is 5.91 Å². The second-order valence-electron chi connectivity index (χ2n) is 3.29. The highest BCUT2D eigenvalue weighted by molar-refractivity contribution is 6.31. The van der Waals surface area contributed by atoms with Gasteiger partial charge in [0.25, 0.3) is 0 Å². The van der Waals surface area contributed by atoms with Crippen molar-refractivity contribution in [3.05, 3.63) is 28.8 Å². The van der Waals surface area contributed by atoms with Crippen LogP contribution in [0.2, 0.25) is 5.02 Å². The van der Waals surface area contributed by atoms with Gasteiger partial charge in [-0.3, -0.25) is 4.79 Å². The van der Waals surface area contributed by atoms with Crippen LogP contribution in [0.15, 0.2) is 18.2 Å². The number of amides is 1. The predicted octanol–water partition coefficient (Wildman–Crippen LogP) is 2.62. The van der Waals surface area contributed by atoms with Gasteiger partial charge >= 0.3 is 0 Å². The zero-order valence-electron chi connectivity index (χ0n) is 9.34. The van der Waals surface area contributed by atoms with E-state index < -0.39 is 0 Å². The largest absolute Gasteiger partial charge is 0.325 e. The van der Waals surface area contributed by atoms with Gasteiger partial charge < -0.3 is 10.6 Å². The number of hydrogen-bond donors (Lipinski definition) is 2. The van der Waals surface area contributed by atoms with Crippen LogP contribution < -0.4 is 10.6 Å². The number of hydrogen-bond acceptors (Lipinski definition) is 2. The van der Waals surface area contributed by atoms with Crippen LogP contribution >= 0.6 is 24.0 Å². The second-order valence-corrected chi connectivity index (χ2v) is 3.70. The molecule has 3 nitrogen and oxygen atoms in total. The van der Waals surface area contributed by atoms with E-state index in [2.05, 4.69) is 10.6 Å². The van der Waals surface area contributed by atoms with Crippen molar-refractivity contribution in [1.82, 2.24) is 5.32 Å². The van der Waals surface area contributed by atoms with Crippen molar-refractivity contribution in [3.63, 3.8) is 0 Å². The fourth-order valence-corrected chi connectivity index (χ4v) is 1.29. The van der Waals surface area contributed by atoms with Crippen LogP contribution in [0.1, 0.15) is 12.5 Å². The van der Waals surface area contributed by atoms with Gasteiger partial charge in [-0.1, -0.05) is 24.6 Å². The molecule has 0 aliphatic heterocycles. The topological polar surface area (TPSA) is 41.1 Å². The SMILES string of the molecule is CCNCC(=O)Nc1ccc(C)c(Cl)c1.Cl. The summed E-state index contributed by atoms with van der Waals surface area (Å²) >= 11 is 5.93. The first kappa shape index (κ1) is 15.2. The molecule has 0 bridgehead atoms. The number of halogens is 2. The van der Waals surface area contributed by atoms with Gasteiger partial charge in [0.15, 0.2) is 0 Å². The summed E-state index contributed by atoms with van der Waals surface area (Å²) in [5.41, 5.74) is 1.73. The maximum atomic E-state index is 11.4. The smallest absolute Gasteiger partial charge is 0.238 e. The standard InChI is InChI=1S/C11H15ClN2O.ClH/c1-3-13-7-11(15)14-9-5-4-8(2)10(12)6-9;/h4-6,13H,3,7H2,1-2H3,(H,14,15);1H. The summed E-state index contributed by atoms with van der Waals surface area (Å²) in [6.45, 7) is 4.98. The third-order valence-electron chi connectivity index (χ3n) is 1.99. The highest BCUT2D eigenvalue weighted by atomic mass is 35.5. The van der Waals surface area contributed by atoms with Crippen molar-refractivity contribution < 1.29 is 4.79 Å². The zero-order valence-corrected chi connectivity index (χ0v) is 10.9. The van der Waals surface area contributed by atoms with E-state index in [1.54, 1.807) is 6.07 Å². The Kier molecular flexibility index (Phi) is 7.13. The molecular weight excluding hydrogens is 247 g/mol. The number of anilines is 1. The van der Waals surface area contributed by atoms with Gasteiger partial charge in [-0.2, -0.15) is 0 Å². The number of likely N-dealkylation sites (N-methyl/N-ethyl adjacent to an activating group) is 1. The lowest BCUT2D eigenvalue weighted by molar-refractivity contribution is -0.115. The molecule has 1 rings (SSSR count). The van der Waals surface area contributed by atoms with E-state index in [1.165, 1.54) is 0 Å². The molecule has 0 atom stereocenters. The molecular formula is C11H16Cl2N2O. The normalized spacial score (nSPS) is 9.44. The van der Waals surface area contributed by atoms with E-state index in [1.807, 2.05) is 26.0 Å². The maximum absolute atomic E-state index is 11.4. The molecule has 0 aromatic heterocycles. The van der Waals surface area contributed by atoms with Crippen molar-refractivity contribution in [2.45, 2.75) is 13.8 Å². The number of benzene rings is 1. The Morgan fingerprint density at radius 3 is 2.69 bits per heavy atom. The first-order valence-electron chi connectivity index (χ1n) is 4.90. The lowest BCUT2D eigenvalue weighted by Crippen LogP contribution is -2.27. The molecule has 16 heavy (non-hydrogen) atoms. The summed E-state index contributed by atoms with van der Waals surface area (Å²) in [7, 11) is 0. The fraction of sp³-hybridized carbons (Fsp3) is 0.364. The Morgan fingerprint density at radius 1 is 1.44 bits per heavy atom. The summed E-state index contributed by atoms with van der Waals surface area (Å²) in [6, 6.07) is 5.47. The number of carbonyl (C=O) groups is 1. The average molecular weight is 263 g/mol. The lowest BCUT2D eigenvalue weighted by atomic mass is 10.2. The average Bonchev–Trinajstić information content (AvgIpc) is 2.20. The van der Waals surface area contributed by atoms with Crippen LogP contribution in [-0.2, 0) is 4.79 Å². The molecule has 0 spiro atoms. The maximum Gasteiger partial charge on any atom is 0.238 e. The van der Waals surface area contributed by atoms with E-state index in [4.69, 9.17) is 11.6 Å². The zero-order chi connectivity index (χ0) is 11.3. The van der Waals surface area contributed by atoms with E-state index in [-0.39, 0.29) is 18.3 Å². The molecule has 0 aliphatic carbocycles. The van der Waals surface area contributed by atoms with Gasteiger partial charge in [0, 0.05) is 10.7 Å². The lowest BCUT2D eigenvalue weighted by Gasteiger charge is -2.06.